The molecule has 0 N–H and O–H groups in total. The largest absolute Gasteiger partial charge is 0.385 e. The van der Waals surface area contributed by atoms with Crippen molar-refractivity contribution in [1.29, 1.82) is 0 Å². The number of aryl methyl sites for hydroxylation is 2. The van der Waals surface area contributed by atoms with Gasteiger partial charge in [-0.25, -0.2) is 4.98 Å². The zero-order chi connectivity index (χ0) is 20.5. The Labute approximate surface area is 169 Å². The van der Waals surface area contributed by atoms with Gasteiger partial charge in [-0.1, -0.05) is 13.0 Å². The molecule has 4 rings (SSSR count). The first-order chi connectivity index (χ1) is 14.0. The summed E-state index contributed by atoms with van der Waals surface area (Å²) < 4.78 is 8.67. The third-order valence-electron chi connectivity index (χ3n) is 5.79. The number of pyridine rings is 1. The number of fused-ring (bicyclic) bond motifs is 2. The lowest BCUT2D eigenvalue weighted by Gasteiger charge is -2.31. The second-order valence-electron chi connectivity index (χ2n) is 8.07. The number of hydrogen-bond donors (Lipinski definition) is 0. The number of amides is 1. The van der Waals surface area contributed by atoms with Crippen molar-refractivity contribution in [2.75, 3.05) is 26.8 Å². The predicted octanol–water partition coefficient (Wildman–Crippen LogP) is 2.87. The number of hydrogen-bond acceptors (Lipinski definition) is 4. The number of nitrogens with zero attached hydrogens (tertiary/aromatic N) is 4. The molecule has 4 heterocycles. The number of ether oxygens (including phenoxy) is 1. The molecule has 1 aliphatic heterocycles. The molecule has 7 nitrogen and oxygen atoms in total. The molecule has 1 amide bonds. The van der Waals surface area contributed by atoms with Gasteiger partial charge in [0, 0.05) is 39.5 Å². The van der Waals surface area contributed by atoms with Crippen LogP contribution in [0.25, 0.3) is 16.7 Å². The van der Waals surface area contributed by atoms with E-state index in [0.717, 1.165) is 37.9 Å². The lowest BCUT2D eigenvalue weighted by Crippen LogP contribution is -2.40. The third-order valence-corrected chi connectivity index (χ3v) is 5.79. The van der Waals surface area contributed by atoms with Crippen LogP contribution in [0.4, 0.5) is 0 Å². The molecule has 0 radical (unpaired) electrons. The minimum absolute atomic E-state index is 0.0165. The zero-order valence-corrected chi connectivity index (χ0v) is 17.4. The van der Waals surface area contributed by atoms with Crippen molar-refractivity contribution in [3.63, 3.8) is 0 Å². The lowest BCUT2D eigenvalue weighted by atomic mass is 10.00. The number of piperidine rings is 1. The summed E-state index contributed by atoms with van der Waals surface area (Å²) in [6.07, 6.45) is 4.63. The van der Waals surface area contributed by atoms with Crippen molar-refractivity contribution in [3.8, 4) is 0 Å². The lowest BCUT2D eigenvalue weighted by molar-refractivity contribution is 0.0671. The van der Waals surface area contributed by atoms with Gasteiger partial charge in [0.05, 0.1) is 5.39 Å². The highest BCUT2D eigenvalue weighted by atomic mass is 16.5. The van der Waals surface area contributed by atoms with Crippen LogP contribution < -0.4 is 5.56 Å². The van der Waals surface area contributed by atoms with Crippen LogP contribution in [0.2, 0.25) is 0 Å². The highest BCUT2D eigenvalue weighted by Crippen LogP contribution is 2.23. The topological polar surface area (TPSA) is 68.8 Å². The maximum atomic E-state index is 13.4. The summed E-state index contributed by atoms with van der Waals surface area (Å²) in [5.74, 6) is 0.477. The van der Waals surface area contributed by atoms with E-state index in [1.807, 2.05) is 28.5 Å². The number of rotatable bonds is 5. The van der Waals surface area contributed by atoms with Crippen LogP contribution in [0, 0.1) is 12.8 Å². The van der Waals surface area contributed by atoms with Crippen LogP contribution in [0.3, 0.4) is 0 Å². The van der Waals surface area contributed by atoms with Crippen molar-refractivity contribution in [3.05, 3.63) is 46.0 Å². The van der Waals surface area contributed by atoms with Gasteiger partial charge in [0.1, 0.15) is 17.0 Å². The molecule has 3 aromatic rings. The maximum Gasteiger partial charge on any atom is 0.270 e. The van der Waals surface area contributed by atoms with Gasteiger partial charge in [-0.05, 0) is 49.8 Å². The van der Waals surface area contributed by atoms with E-state index in [4.69, 9.17) is 9.72 Å². The first-order valence-corrected chi connectivity index (χ1v) is 10.3. The molecule has 3 aromatic heterocycles. The summed E-state index contributed by atoms with van der Waals surface area (Å²) in [4.78, 5) is 33.2. The normalized spacial score (nSPS) is 17.3. The number of methoxy groups -OCH3 is 1. The Morgan fingerprint density at radius 2 is 2.17 bits per heavy atom. The van der Waals surface area contributed by atoms with Crippen molar-refractivity contribution in [1.82, 2.24) is 18.9 Å². The average Bonchev–Trinajstić information content (AvgIpc) is 3.07. The number of carbonyl (C=O) groups is 1. The van der Waals surface area contributed by atoms with Crippen LogP contribution in [-0.2, 0) is 11.3 Å². The third kappa shape index (κ3) is 3.55. The Hall–Kier alpha value is -2.67. The Morgan fingerprint density at radius 3 is 2.93 bits per heavy atom. The molecule has 29 heavy (non-hydrogen) atoms. The average molecular weight is 396 g/mol. The monoisotopic (exact) mass is 396 g/mol. The van der Waals surface area contributed by atoms with Crippen LogP contribution in [0.15, 0.2) is 29.2 Å². The van der Waals surface area contributed by atoms with E-state index in [1.165, 1.54) is 0 Å². The smallest absolute Gasteiger partial charge is 0.270 e. The van der Waals surface area contributed by atoms with Crippen molar-refractivity contribution < 1.29 is 9.53 Å². The van der Waals surface area contributed by atoms with Gasteiger partial charge in [-0.2, -0.15) is 0 Å². The number of carbonyl (C=O) groups excluding carboxylic acids is 1. The highest BCUT2D eigenvalue weighted by molar-refractivity contribution is 5.98. The molecule has 1 aliphatic rings. The second kappa shape index (κ2) is 7.99. The summed E-state index contributed by atoms with van der Waals surface area (Å²) in [6, 6.07) is 5.51. The van der Waals surface area contributed by atoms with Gasteiger partial charge in [0.2, 0.25) is 0 Å². The zero-order valence-electron chi connectivity index (χ0n) is 17.4. The number of aromatic nitrogens is 3. The van der Waals surface area contributed by atoms with E-state index < -0.39 is 0 Å². The number of likely N-dealkylation sites (tertiary alicyclic amines) is 1. The molecular weight excluding hydrogens is 368 g/mol. The molecule has 0 spiro atoms. The summed E-state index contributed by atoms with van der Waals surface area (Å²) in [5.41, 5.74) is 2.54. The highest BCUT2D eigenvalue weighted by Gasteiger charge is 2.26. The Bertz CT molecular complexity index is 1110. The fourth-order valence-electron chi connectivity index (χ4n) is 4.27. The quantitative estimate of drug-likeness (QED) is 0.622. The molecule has 1 atom stereocenters. The van der Waals surface area contributed by atoms with Gasteiger partial charge >= 0.3 is 0 Å². The van der Waals surface area contributed by atoms with E-state index >= 15 is 0 Å². The Kier molecular flexibility index (Phi) is 5.41. The summed E-state index contributed by atoms with van der Waals surface area (Å²) >= 11 is 0. The molecule has 0 unspecified atom stereocenters. The molecular formula is C22H28N4O3. The minimum atomic E-state index is -0.139. The fraction of sp³-hybridized carbons (Fsp3) is 0.500. The fourth-order valence-corrected chi connectivity index (χ4v) is 4.27. The first-order valence-electron chi connectivity index (χ1n) is 10.3. The van der Waals surface area contributed by atoms with Crippen LogP contribution in [-0.4, -0.2) is 51.6 Å². The summed E-state index contributed by atoms with van der Waals surface area (Å²) in [7, 11) is 1.66. The molecule has 0 aliphatic carbocycles. The maximum absolute atomic E-state index is 13.4. The Morgan fingerprint density at radius 1 is 1.34 bits per heavy atom. The van der Waals surface area contributed by atoms with Crippen molar-refractivity contribution in [2.45, 2.75) is 39.7 Å². The molecule has 0 aromatic carbocycles. The molecule has 0 bridgehead atoms. The van der Waals surface area contributed by atoms with Crippen molar-refractivity contribution in [2.24, 2.45) is 5.92 Å². The summed E-state index contributed by atoms with van der Waals surface area (Å²) in [6.45, 7) is 6.79. The van der Waals surface area contributed by atoms with Gasteiger partial charge in [-0.3, -0.25) is 14.0 Å². The van der Waals surface area contributed by atoms with E-state index in [2.05, 4.69) is 6.92 Å². The molecule has 1 fully saturated rings. The van der Waals surface area contributed by atoms with E-state index in [0.29, 0.717) is 41.4 Å². The van der Waals surface area contributed by atoms with Gasteiger partial charge in [0.25, 0.3) is 11.5 Å². The van der Waals surface area contributed by atoms with E-state index in [1.54, 1.807) is 23.8 Å². The predicted molar refractivity (Wildman–Crippen MR) is 112 cm³/mol. The molecule has 154 valence electrons. The van der Waals surface area contributed by atoms with Gasteiger partial charge in [0.15, 0.2) is 0 Å². The Balaban J connectivity index is 1.88. The SMILES string of the molecule is COCCCn1c(C(=O)N2CCC[C@@H](C)C2)cc2c(=O)n3cccc(C)c3nc21. The van der Waals surface area contributed by atoms with E-state index in [9.17, 15) is 9.59 Å². The van der Waals surface area contributed by atoms with Crippen LogP contribution >= 0.6 is 0 Å². The van der Waals surface area contributed by atoms with Crippen LogP contribution in [0.5, 0.6) is 0 Å². The first kappa shape index (κ1) is 19.6. The van der Waals surface area contributed by atoms with Gasteiger partial charge < -0.3 is 14.2 Å². The standard InChI is InChI=1S/C22H28N4O3/c1-15-7-4-9-24(14-15)22(28)18-13-17-20(25(18)11-6-12-29-3)23-19-16(2)8-5-10-26(19)21(17)27/h5,8,10,13,15H,4,6-7,9,11-12,14H2,1-3H3/t15-/m1/s1. The molecule has 7 heteroatoms. The second-order valence-corrected chi connectivity index (χ2v) is 8.07. The van der Waals surface area contributed by atoms with E-state index in [-0.39, 0.29) is 11.5 Å². The minimum Gasteiger partial charge on any atom is -0.385 e. The molecule has 0 saturated carbocycles. The van der Waals surface area contributed by atoms with Crippen LogP contribution in [0.1, 0.15) is 42.2 Å². The van der Waals surface area contributed by atoms with Crippen molar-refractivity contribution >= 4 is 22.6 Å². The summed E-state index contributed by atoms with van der Waals surface area (Å²) in [5, 5.41) is 0.485. The molecule has 1 saturated heterocycles. The van der Waals surface area contributed by atoms with Gasteiger partial charge in [-0.15, -0.1) is 0 Å².